The number of pyridine rings is 1. The first-order valence-corrected chi connectivity index (χ1v) is 5.27. The van der Waals surface area contributed by atoms with E-state index in [1.165, 1.54) is 12.0 Å². The molecule has 0 aliphatic carbocycles. The molecule has 1 aliphatic heterocycles. The van der Waals surface area contributed by atoms with Crippen molar-refractivity contribution >= 4 is 11.6 Å². The second-order valence-electron chi connectivity index (χ2n) is 3.56. The molecule has 2 heterocycles. The summed E-state index contributed by atoms with van der Waals surface area (Å²) in [6.07, 6.45) is 2.95. The maximum atomic E-state index is 5.79. The van der Waals surface area contributed by atoms with Gasteiger partial charge < -0.3 is 10.6 Å². The van der Waals surface area contributed by atoms with Gasteiger partial charge in [0.1, 0.15) is 5.15 Å². The highest BCUT2D eigenvalue weighted by atomic mass is 35.5. The van der Waals surface area contributed by atoms with Crippen molar-refractivity contribution in [1.82, 2.24) is 15.6 Å². The molecular weight excluding hydrogens is 198 g/mol. The Labute approximate surface area is 88.9 Å². The molecule has 2 N–H and O–H groups in total. The average Bonchev–Trinajstić information content (AvgIpc) is 2.67. The molecule has 0 spiro atoms. The van der Waals surface area contributed by atoms with Crippen LogP contribution in [0.1, 0.15) is 12.0 Å². The summed E-state index contributed by atoms with van der Waals surface area (Å²) in [4.78, 5) is 3.94. The minimum absolute atomic E-state index is 0.564. The fraction of sp³-hybridized carbons (Fsp3) is 0.500. The van der Waals surface area contributed by atoms with Gasteiger partial charge in [0.15, 0.2) is 0 Å². The van der Waals surface area contributed by atoms with Crippen molar-refractivity contribution in [2.24, 2.45) is 0 Å². The molecule has 14 heavy (non-hydrogen) atoms. The lowest BCUT2D eigenvalue weighted by atomic mass is 10.2. The van der Waals surface area contributed by atoms with Crippen LogP contribution in [0.15, 0.2) is 18.3 Å². The number of halogens is 1. The van der Waals surface area contributed by atoms with Crippen molar-refractivity contribution in [3.05, 3.63) is 29.0 Å². The van der Waals surface area contributed by atoms with E-state index >= 15 is 0 Å². The summed E-state index contributed by atoms with van der Waals surface area (Å²) >= 11 is 5.79. The zero-order chi connectivity index (χ0) is 9.80. The molecule has 1 saturated heterocycles. The summed E-state index contributed by atoms with van der Waals surface area (Å²) in [6, 6.07) is 4.49. The van der Waals surface area contributed by atoms with Gasteiger partial charge in [0.2, 0.25) is 0 Å². The molecule has 1 aliphatic rings. The number of hydrogen-bond donors (Lipinski definition) is 2. The molecule has 4 heteroatoms. The van der Waals surface area contributed by atoms with Gasteiger partial charge in [-0.05, 0) is 30.7 Å². The Morgan fingerprint density at radius 3 is 3.29 bits per heavy atom. The molecule has 0 amide bonds. The van der Waals surface area contributed by atoms with E-state index in [4.69, 9.17) is 11.6 Å². The van der Waals surface area contributed by atoms with E-state index in [0.717, 1.165) is 19.6 Å². The van der Waals surface area contributed by atoms with Crippen molar-refractivity contribution in [2.75, 3.05) is 13.1 Å². The van der Waals surface area contributed by atoms with Crippen molar-refractivity contribution in [3.8, 4) is 0 Å². The first kappa shape index (κ1) is 9.90. The largest absolute Gasteiger partial charge is 0.315 e. The molecule has 1 unspecified atom stereocenters. The van der Waals surface area contributed by atoms with E-state index < -0.39 is 0 Å². The molecule has 0 bridgehead atoms. The third-order valence-electron chi connectivity index (χ3n) is 2.45. The van der Waals surface area contributed by atoms with Gasteiger partial charge in [-0.2, -0.15) is 0 Å². The first-order valence-electron chi connectivity index (χ1n) is 4.89. The summed E-state index contributed by atoms with van der Waals surface area (Å²) in [5, 5.41) is 7.36. The maximum Gasteiger partial charge on any atom is 0.129 e. The van der Waals surface area contributed by atoms with Crippen LogP contribution in [0.5, 0.6) is 0 Å². The standard InChI is InChI=1S/C10H14ClN3/c11-10-5-8(1-4-13-10)6-14-9-2-3-12-7-9/h1,4-5,9,12,14H,2-3,6-7H2. The van der Waals surface area contributed by atoms with Crippen LogP contribution in [0, 0.1) is 0 Å². The molecule has 1 aromatic heterocycles. The predicted octanol–water partition coefficient (Wildman–Crippen LogP) is 1.19. The van der Waals surface area contributed by atoms with Crippen molar-refractivity contribution in [1.29, 1.82) is 0 Å². The fourth-order valence-electron chi connectivity index (χ4n) is 1.64. The third kappa shape index (κ3) is 2.67. The number of aromatic nitrogens is 1. The normalized spacial score (nSPS) is 21.4. The number of rotatable bonds is 3. The Balaban J connectivity index is 1.85. The second-order valence-corrected chi connectivity index (χ2v) is 3.94. The van der Waals surface area contributed by atoms with Gasteiger partial charge in [-0.3, -0.25) is 0 Å². The minimum Gasteiger partial charge on any atom is -0.315 e. The molecule has 0 aromatic carbocycles. The molecule has 0 saturated carbocycles. The highest BCUT2D eigenvalue weighted by Gasteiger charge is 2.12. The summed E-state index contributed by atoms with van der Waals surface area (Å²) in [5.74, 6) is 0. The number of nitrogens with zero attached hydrogens (tertiary/aromatic N) is 1. The predicted molar refractivity (Wildman–Crippen MR) is 57.4 cm³/mol. The molecule has 1 fully saturated rings. The minimum atomic E-state index is 0.564. The lowest BCUT2D eigenvalue weighted by Gasteiger charge is -2.10. The Morgan fingerprint density at radius 2 is 2.57 bits per heavy atom. The Morgan fingerprint density at radius 1 is 1.64 bits per heavy atom. The molecule has 76 valence electrons. The summed E-state index contributed by atoms with van der Waals surface area (Å²) in [5.41, 5.74) is 1.19. The lowest BCUT2D eigenvalue weighted by Crippen LogP contribution is -2.30. The third-order valence-corrected chi connectivity index (χ3v) is 2.65. The lowest BCUT2D eigenvalue weighted by molar-refractivity contribution is 0.547. The quantitative estimate of drug-likeness (QED) is 0.738. The van der Waals surface area contributed by atoms with Crippen LogP contribution < -0.4 is 10.6 Å². The van der Waals surface area contributed by atoms with E-state index in [0.29, 0.717) is 11.2 Å². The van der Waals surface area contributed by atoms with Gasteiger partial charge in [0.05, 0.1) is 0 Å². The van der Waals surface area contributed by atoms with Crippen LogP contribution in [0.25, 0.3) is 0 Å². The smallest absolute Gasteiger partial charge is 0.129 e. The van der Waals surface area contributed by atoms with Crippen LogP contribution in [-0.4, -0.2) is 24.1 Å². The Kier molecular flexibility index (Phi) is 3.35. The Bertz CT molecular complexity index is 297. The van der Waals surface area contributed by atoms with E-state index in [1.807, 2.05) is 12.1 Å². The second kappa shape index (κ2) is 4.73. The zero-order valence-electron chi connectivity index (χ0n) is 7.96. The topological polar surface area (TPSA) is 37.0 Å². The monoisotopic (exact) mass is 211 g/mol. The van der Waals surface area contributed by atoms with Gasteiger partial charge in [0, 0.05) is 25.3 Å². The molecule has 1 atom stereocenters. The highest BCUT2D eigenvalue weighted by Crippen LogP contribution is 2.07. The van der Waals surface area contributed by atoms with Gasteiger partial charge >= 0.3 is 0 Å². The Hall–Kier alpha value is -0.640. The van der Waals surface area contributed by atoms with Gasteiger partial charge in [-0.25, -0.2) is 4.98 Å². The molecule has 3 nitrogen and oxygen atoms in total. The van der Waals surface area contributed by atoms with Crippen LogP contribution >= 0.6 is 11.6 Å². The van der Waals surface area contributed by atoms with E-state index in [1.54, 1.807) is 6.20 Å². The maximum absolute atomic E-state index is 5.79. The SMILES string of the molecule is Clc1cc(CNC2CCNC2)ccn1. The average molecular weight is 212 g/mol. The van der Waals surface area contributed by atoms with Gasteiger partial charge in [0.25, 0.3) is 0 Å². The fourth-order valence-corrected chi connectivity index (χ4v) is 1.84. The zero-order valence-corrected chi connectivity index (χ0v) is 8.72. The molecule has 1 aromatic rings. The van der Waals surface area contributed by atoms with E-state index in [2.05, 4.69) is 15.6 Å². The van der Waals surface area contributed by atoms with Crippen molar-refractivity contribution in [2.45, 2.75) is 19.0 Å². The van der Waals surface area contributed by atoms with Crippen LogP contribution in [0.2, 0.25) is 5.15 Å². The number of nitrogens with one attached hydrogen (secondary N) is 2. The van der Waals surface area contributed by atoms with Gasteiger partial charge in [-0.15, -0.1) is 0 Å². The van der Waals surface area contributed by atoms with Crippen LogP contribution in [0.4, 0.5) is 0 Å². The highest BCUT2D eigenvalue weighted by molar-refractivity contribution is 6.29. The molecular formula is C10H14ClN3. The van der Waals surface area contributed by atoms with Gasteiger partial charge in [-0.1, -0.05) is 11.6 Å². The van der Waals surface area contributed by atoms with Crippen molar-refractivity contribution in [3.63, 3.8) is 0 Å². The molecule has 0 radical (unpaired) electrons. The summed E-state index contributed by atoms with van der Waals surface area (Å²) in [6.45, 7) is 3.06. The van der Waals surface area contributed by atoms with E-state index in [9.17, 15) is 0 Å². The summed E-state index contributed by atoms with van der Waals surface area (Å²) < 4.78 is 0. The summed E-state index contributed by atoms with van der Waals surface area (Å²) in [7, 11) is 0. The van der Waals surface area contributed by atoms with Crippen molar-refractivity contribution < 1.29 is 0 Å². The first-order chi connectivity index (χ1) is 6.84. The molecule has 2 rings (SSSR count). The van der Waals surface area contributed by atoms with Crippen LogP contribution in [0.3, 0.4) is 0 Å². The number of hydrogen-bond acceptors (Lipinski definition) is 3. The van der Waals surface area contributed by atoms with Crippen LogP contribution in [-0.2, 0) is 6.54 Å². The van der Waals surface area contributed by atoms with E-state index in [-0.39, 0.29) is 0 Å².